The maximum Gasteiger partial charge on any atom is 0.272 e. The zero-order valence-electron chi connectivity index (χ0n) is 22.3. The number of nitrogens with zero attached hydrogens (tertiary/aromatic N) is 5. The lowest BCUT2D eigenvalue weighted by atomic mass is 9.77. The monoisotopic (exact) mass is 481 g/mol. The molecule has 0 bridgehead atoms. The molecule has 1 aliphatic carbocycles. The van der Waals surface area contributed by atoms with Crippen molar-refractivity contribution in [1.82, 2.24) is 9.91 Å². The van der Waals surface area contributed by atoms with E-state index in [9.17, 15) is 10.5 Å². The molecule has 5 rings (SSSR count). The summed E-state index contributed by atoms with van der Waals surface area (Å²) in [5.41, 5.74) is 1.89. The van der Waals surface area contributed by atoms with Gasteiger partial charge >= 0.3 is 0 Å². The average molecular weight is 482 g/mol. The fourth-order valence-electron chi connectivity index (χ4n) is 7.16. The van der Waals surface area contributed by atoms with E-state index in [0.717, 1.165) is 16.8 Å². The van der Waals surface area contributed by atoms with Gasteiger partial charge in [-0.15, -0.1) is 0 Å². The zero-order valence-corrected chi connectivity index (χ0v) is 22.3. The molecule has 1 saturated carbocycles. The van der Waals surface area contributed by atoms with Crippen LogP contribution in [0.2, 0.25) is 0 Å². The van der Waals surface area contributed by atoms with E-state index in [2.05, 4.69) is 88.4 Å². The Morgan fingerprint density at radius 2 is 1.56 bits per heavy atom. The summed E-state index contributed by atoms with van der Waals surface area (Å²) in [5, 5.41) is 28.7. The molecule has 6 heteroatoms. The molecule has 0 N–H and O–H groups in total. The van der Waals surface area contributed by atoms with Crippen LogP contribution in [0.1, 0.15) is 49.4 Å². The Labute approximate surface area is 214 Å². The second-order valence-electron chi connectivity index (χ2n) is 11.5. The highest BCUT2D eigenvalue weighted by Gasteiger charge is 2.83. The Hall–Kier alpha value is -3.19. The number of hydrogen-bond acceptors (Lipinski definition) is 6. The number of fused-ring (bicyclic) bond motifs is 3. The van der Waals surface area contributed by atoms with Gasteiger partial charge in [0, 0.05) is 24.9 Å². The summed E-state index contributed by atoms with van der Waals surface area (Å²) in [6.45, 7) is 11.0. The Bertz CT molecular complexity index is 1280. The molecule has 1 saturated heterocycles. The first-order valence-electron chi connectivity index (χ1n) is 12.7. The first-order valence-corrected chi connectivity index (χ1v) is 12.7. The first-order chi connectivity index (χ1) is 17.1. The van der Waals surface area contributed by atoms with Crippen molar-refractivity contribution in [3.05, 3.63) is 70.8 Å². The molecular weight excluding hydrogens is 446 g/mol. The third-order valence-corrected chi connectivity index (χ3v) is 8.94. The molecule has 2 fully saturated rings. The van der Waals surface area contributed by atoms with Gasteiger partial charge < -0.3 is 4.74 Å². The number of aryl methyl sites for hydroxylation is 2. The molecule has 4 atom stereocenters. The normalized spacial score (nSPS) is 31.2. The molecule has 2 aromatic rings. The van der Waals surface area contributed by atoms with Gasteiger partial charge in [-0.1, -0.05) is 73.5 Å². The minimum atomic E-state index is -1.64. The predicted octanol–water partition coefficient (Wildman–Crippen LogP) is 4.97. The van der Waals surface area contributed by atoms with E-state index in [1.54, 1.807) is 0 Å². The van der Waals surface area contributed by atoms with Gasteiger partial charge in [0.25, 0.3) is 5.54 Å². The second kappa shape index (κ2) is 7.90. The number of hydrogen-bond donors (Lipinski definition) is 0. The lowest BCUT2D eigenvalue weighted by Crippen LogP contribution is -2.64. The highest BCUT2D eigenvalue weighted by atomic mass is 16.5. The summed E-state index contributed by atoms with van der Waals surface area (Å²) in [6, 6.07) is 21.8. The lowest BCUT2D eigenvalue weighted by Gasteiger charge is -2.45. The average Bonchev–Trinajstić information content (AvgIpc) is 3.33. The highest BCUT2D eigenvalue weighted by molar-refractivity contribution is 6.05. The van der Waals surface area contributed by atoms with E-state index >= 15 is 0 Å². The van der Waals surface area contributed by atoms with E-state index in [4.69, 9.17) is 9.84 Å². The van der Waals surface area contributed by atoms with Gasteiger partial charge in [0.05, 0.1) is 11.3 Å². The Kier molecular flexibility index (Phi) is 5.38. The smallest absolute Gasteiger partial charge is 0.272 e. The predicted molar refractivity (Wildman–Crippen MR) is 140 cm³/mol. The molecule has 36 heavy (non-hydrogen) atoms. The molecule has 0 radical (unpaired) electrons. The Balaban J connectivity index is 1.86. The summed E-state index contributed by atoms with van der Waals surface area (Å²) in [4.78, 5) is 1.92. The topological polar surface area (TPSA) is 75.7 Å². The fraction of sp³-hybridized carbons (Fsp3) is 0.500. The van der Waals surface area contributed by atoms with Crippen molar-refractivity contribution in [3.63, 3.8) is 0 Å². The van der Waals surface area contributed by atoms with Crippen LogP contribution in [0.4, 0.5) is 0 Å². The fourth-order valence-corrected chi connectivity index (χ4v) is 7.16. The van der Waals surface area contributed by atoms with E-state index in [1.165, 1.54) is 11.1 Å². The van der Waals surface area contributed by atoms with Crippen molar-refractivity contribution in [1.29, 1.82) is 10.5 Å². The largest absolute Gasteiger partial charge is 0.356 e. The molecular formula is C30H35N5O. The van der Waals surface area contributed by atoms with Gasteiger partial charge in [0.1, 0.15) is 12.1 Å². The molecule has 0 aromatic heterocycles. The summed E-state index contributed by atoms with van der Waals surface area (Å²) in [5.74, 6) is 0.359. The number of ether oxygens (including phenoxy) is 1. The first kappa shape index (κ1) is 24.5. The van der Waals surface area contributed by atoms with Crippen LogP contribution in [0.25, 0.3) is 0 Å². The summed E-state index contributed by atoms with van der Waals surface area (Å²) in [6.07, 6.45) is 0.473. The van der Waals surface area contributed by atoms with Crippen LogP contribution in [-0.2, 0) is 10.3 Å². The van der Waals surface area contributed by atoms with Crippen molar-refractivity contribution in [3.8, 4) is 12.1 Å². The van der Waals surface area contributed by atoms with Gasteiger partial charge in [0.2, 0.25) is 0 Å². The van der Waals surface area contributed by atoms with Crippen molar-refractivity contribution < 1.29 is 4.74 Å². The van der Waals surface area contributed by atoms with Crippen molar-refractivity contribution in [2.75, 3.05) is 20.7 Å². The van der Waals surface area contributed by atoms with Crippen LogP contribution in [0.15, 0.2) is 53.6 Å². The van der Waals surface area contributed by atoms with Crippen LogP contribution < -0.4 is 0 Å². The minimum Gasteiger partial charge on any atom is -0.356 e. The quantitative estimate of drug-likeness (QED) is 0.564. The molecule has 2 aliphatic heterocycles. The second-order valence-corrected chi connectivity index (χ2v) is 11.5. The maximum absolute atomic E-state index is 10.8. The van der Waals surface area contributed by atoms with E-state index in [1.807, 2.05) is 30.9 Å². The van der Waals surface area contributed by atoms with Crippen LogP contribution >= 0.6 is 0 Å². The Morgan fingerprint density at radius 1 is 1.00 bits per heavy atom. The molecule has 0 spiro atoms. The van der Waals surface area contributed by atoms with E-state index < -0.39 is 16.8 Å². The van der Waals surface area contributed by atoms with Gasteiger partial charge in [-0.05, 0) is 51.4 Å². The molecule has 3 aliphatic rings. The summed E-state index contributed by atoms with van der Waals surface area (Å²) < 4.78 is 6.47. The third kappa shape index (κ3) is 2.86. The Morgan fingerprint density at radius 3 is 2.06 bits per heavy atom. The van der Waals surface area contributed by atoms with Gasteiger partial charge in [-0.25, -0.2) is 5.01 Å². The summed E-state index contributed by atoms with van der Waals surface area (Å²) in [7, 11) is 3.81. The van der Waals surface area contributed by atoms with E-state index in [-0.39, 0.29) is 17.3 Å². The van der Waals surface area contributed by atoms with Crippen molar-refractivity contribution in [2.24, 2.45) is 22.4 Å². The van der Waals surface area contributed by atoms with Crippen LogP contribution in [0.3, 0.4) is 0 Å². The van der Waals surface area contributed by atoms with Gasteiger partial charge in [0.15, 0.2) is 5.72 Å². The third-order valence-electron chi connectivity index (χ3n) is 8.94. The maximum atomic E-state index is 10.8. The molecule has 2 aromatic carbocycles. The summed E-state index contributed by atoms with van der Waals surface area (Å²) >= 11 is 0. The standard InChI is InChI=1S/C30H35N5O/c1-8-36-30(34(6)7)17-29(23-15-11-21(3)12-16-23)26-24(27(26,4)5)25(22-13-9-20(2)10-14-22)33-35(29)28(30,18-31)19-32/h9-16,24,26H,8,17H2,1-7H3/t24-,26+,29?,30-/m1/s1. The van der Waals surface area contributed by atoms with Crippen molar-refractivity contribution >= 4 is 5.71 Å². The highest BCUT2D eigenvalue weighted by Crippen LogP contribution is 2.75. The molecule has 0 amide bonds. The molecule has 2 heterocycles. The van der Waals surface area contributed by atoms with Crippen LogP contribution in [-0.4, -0.2) is 47.6 Å². The van der Waals surface area contributed by atoms with Gasteiger partial charge in [-0.3, -0.25) is 4.90 Å². The molecule has 6 nitrogen and oxygen atoms in total. The molecule has 186 valence electrons. The molecule has 1 unspecified atom stereocenters. The number of hydrazone groups is 1. The lowest BCUT2D eigenvalue weighted by molar-refractivity contribution is -0.157. The van der Waals surface area contributed by atoms with Crippen molar-refractivity contribution in [2.45, 2.75) is 57.8 Å². The SMILES string of the molecule is CCO[C@]1(N(C)C)CC2(c3ccc(C)cc3)[C@H]3[C@@H](C(c4ccc(C)cc4)=NN2C1(C#N)C#N)C3(C)C. The number of rotatable bonds is 5. The van der Waals surface area contributed by atoms with Crippen LogP contribution in [0, 0.1) is 53.8 Å². The zero-order chi connectivity index (χ0) is 26.1. The van der Waals surface area contributed by atoms with Gasteiger partial charge in [-0.2, -0.15) is 15.6 Å². The minimum absolute atomic E-state index is 0.0748. The number of likely N-dealkylation sites (N-methyl/N-ethyl adjacent to an activating group) is 1. The van der Waals surface area contributed by atoms with E-state index in [0.29, 0.717) is 13.0 Å². The number of benzene rings is 2. The van der Waals surface area contributed by atoms with Crippen LogP contribution in [0.5, 0.6) is 0 Å². The number of nitriles is 2.